The minimum atomic E-state index is 0.156. The van der Waals surface area contributed by atoms with Crippen molar-refractivity contribution in [3.05, 3.63) is 17.5 Å². The van der Waals surface area contributed by atoms with Gasteiger partial charge < -0.3 is 10.3 Å². The van der Waals surface area contributed by atoms with Crippen LogP contribution in [0, 0.1) is 5.41 Å². The first-order chi connectivity index (χ1) is 6.52. The van der Waals surface area contributed by atoms with Gasteiger partial charge in [0.25, 0.3) is 0 Å². The van der Waals surface area contributed by atoms with E-state index in [1.807, 2.05) is 6.20 Å². The van der Waals surface area contributed by atoms with E-state index in [-0.39, 0.29) is 11.5 Å². The molecule has 0 spiro atoms. The molecule has 78 valence electrons. The Hall–Kier alpha value is -0.830. The van der Waals surface area contributed by atoms with E-state index in [0.717, 1.165) is 18.6 Å². The van der Waals surface area contributed by atoms with E-state index in [9.17, 15) is 0 Å². The maximum absolute atomic E-state index is 6.05. The zero-order valence-electron chi connectivity index (χ0n) is 9.08. The van der Waals surface area contributed by atoms with Gasteiger partial charge in [0.15, 0.2) is 0 Å². The number of aromatic nitrogens is 1. The van der Waals surface area contributed by atoms with Gasteiger partial charge in [-0.1, -0.05) is 19.0 Å². The van der Waals surface area contributed by atoms with Crippen molar-refractivity contribution >= 4 is 0 Å². The largest absolute Gasteiger partial charge is 0.361 e. The molecule has 0 aromatic carbocycles. The first kappa shape index (κ1) is 9.71. The molecule has 2 unspecified atom stereocenters. The Morgan fingerprint density at radius 3 is 3.00 bits per heavy atom. The molecule has 1 aliphatic carbocycles. The molecular formula is C11H18N2O. The molecule has 2 rings (SSSR count). The molecule has 3 heteroatoms. The fourth-order valence-corrected chi connectivity index (χ4v) is 2.72. The van der Waals surface area contributed by atoms with Crippen molar-refractivity contribution < 1.29 is 4.52 Å². The van der Waals surface area contributed by atoms with Crippen LogP contribution in [-0.2, 0) is 6.42 Å². The molecule has 0 amide bonds. The second-order valence-electron chi connectivity index (χ2n) is 5.03. The highest BCUT2D eigenvalue weighted by Crippen LogP contribution is 2.46. The van der Waals surface area contributed by atoms with Crippen molar-refractivity contribution in [2.45, 2.75) is 45.6 Å². The fraction of sp³-hybridized carbons (Fsp3) is 0.727. The lowest BCUT2D eigenvalue weighted by Crippen LogP contribution is -2.38. The van der Waals surface area contributed by atoms with E-state index in [4.69, 9.17) is 10.3 Å². The molecule has 0 saturated carbocycles. The average Bonchev–Trinajstić information content (AvgIpc) is 2.48. The molecule has 1 aliphatic rings. The van der Waals surface area contributed by atoms with Gasteiger partial charge in [-0.25, -0.2) is 0 Å². The van der Waals surface area contributed by atoms with Gasteiger partial charge in [0.1, 0.15) is 5.76 Å². The monoisotopic (exact) mass is 194 g/mol. The molecule has 0 radical (unpaired) electrons. The number of nitrogens with two attached hydrogens (primary N) is 1. The Morgan fingerprint density at radius 1 is 1.64 bits per heavy atom. The predicted octanol–water partition coefficient (Wildman–Crippen LogP) is 2.08. The van der Waals surface area contributed by atoms with E-state index in [1.165, 1.54) is 5.56 Å². The van der Waals surface area contributed by atoms with Crippen LogP contribution in [0.4, 0.5) is 0 Å². The van der Waals surface area contributed by atoms with Gasteiger partial charge in [0.2, 0.25) is 0 Å². The van der Waals surface area contributed by atoms with Crippen molar-refractivity contribution in [2.24, 2.45) is 11.1 Å². The number of fused-ring (bicyclic) bond motifs is 1. The third-order valence-electron chi connectivity index (χ3n) is 3.38. The van der Waals surface area contributed by atoms with Crippen molar-refractivity contribution in [1.82, 2.24) is 5.16 Å². The van der Waals surface area contributed by atoms with E-state index >= 15 is 0 Å². The molecule has 3 nitrogen and oxygen atoms in total. The van der Waals surface area contributed by atoms with Gasteiger partial charge in [-0.15, -0.1) is 0 Å². The topological polar surface area (TPSA) is 52.0 Å². The van der Waals surface area contributed by atoms with Gasteiger partial charge >= 0.3 is 0 Å². The van der Waals surface area contributed by atoms with Crippen molar-refractivity contribution in [2.75, 3.05) is 0 Å². The molecule has 0 bridgehead atoms. The van der Waals surface area contributed by atoms with Crippen LogP contribution in [0.5, 0.6) is 0 Å². The molecule has 1 aromatic rings. The normalized spacial score (nSPS) is 27.0. The van der Waals surface area contributed by atoms with Crippen LogP contribution in [-0.4, -0.2) is 11.2 Å². The van der Waals surface area contributed by atoms with Gasteiger partial charge in [-0.3, -0.25) is 0 Å². The van der Waals surface area contributed by atoms with Crippen molar-refractivity contribution in [3.63, 3.8) is 0 Å². The van der Waals surface area contributed by atoms with E-state index < -0.39 is 0 Å². The van der Waals surface area contributed by atoms with E-state index in [0.29, 0.717) is 5.92 Å². The SMILES string of the molecule is CC(N)C1c2cnoc2CCC1(C)C. The lowest BCUT2D eigenvalue weighted by atomic mass is 9.65. The number of aryl methyl sites for hydroxylation is 1. The molecule has 14 heavy (non-hydrogen) atoms. The standard InChI is InChI=1S/C11H18N2O/c1-7(12)10-8-6-13-14-9(8)4-5-11(10,2)3/h6-7,10H,4-5,12H2,1-3H3. The summed E-state index contributed by atoms with van der Waals surface area (Å²) in [4.78, 5) is 0. The van der Waals surface area contributed by atoms with Crippen LogP contribution in [0.3, 0.4) is 0 Å². The highest BCUT2D eigenvalue weighted by Gasteiger charge is 2.39. The summed E-state index contributed by atoms with van der Waals surface area (Å²) >= 11 is 0. The number of hydrogen-bond donors (Lipinski definition) is 1. The lowest BCUT2D eigenvalue weighted by molar-refractivity contribution is 0.206. The second kappa shape index (κ2) is 3.09. The molecule has 0 aliphatic heterocycles. The Morgan fingerprint density at radius 2 is 2.36 bits per heavy atom. The Kier molecular flexibility index (Phi) is 2.14. The van der Waals surface area contributed by atoms with Crippen LogP contribution >= 0.6 is 0 Å². The fourth-order valence-electron chi connectivity index (χ4n) is 2.72. The lowest BCUT2D eigenvalue weighted by Gasteiger charge is -2.39. The van der Waals surface area contributed by atoms with E-state index in [2.05, 4.69) is 25.9 Å². The average molecular weight is 194 g/mol. The minimum Gasteiger partial charge on any atom is -0.361 e. The molecule has 0 fully saturated rings. The Bertz CT molecular complexity index is 328. The van der Waals surface area contributed by atoms with Crippen LogP contribution < -0.4 is 5.73 Å². The highest BCUT2D eigenvalue weighted by atomic mass is 16.5. The maximum atomic E-state index is 6.05. The third-order valence-corrected chi connectivity index (χ3v) is 3.38. The van der Waals surface area contributed by atoms with E-state index in [1.54, 1.807) is 0 Å². The summed E-state index contributed by atoms with van der Waals surface area (Å²) in [6.45, 7) is 6.61. The molecular weight excluding hydrogens is 176 g/mol. The quantitative estimate of drug-likeness (QED) is 0.744. The third kappa shape index (κ3) is 1.36. The number of nitrogens with zero attached hydrogens (tertiary/aromatic N) is 1. The first-order valence-corrected chi connectivity index (χ1v) is 5.21. The summed E-state index contributed by atoms with van der Waals surface area (Å²) in [5, 5.41) is 3.87. The smallest absolute Gasteiger partial charge is 0.140 e. The molecule has 1 heterocycles. The summed E-state index contributed by atoms with van der Waals surface area (Å²) < 4.78 is 5.22. The van der Waals surface area contributed by atoms with Crippen molar-refractivity contribution in [1.29, 1.82) is 0 Å². The molecule has 2 atom stereocenters. The Labute approximate surface area is 84.7 Å². The summed E-state index contributed by atoms with van der Waals surface area (Å²) in [7, 11) is 0. The molecule has 1 aromatic heterocycles. The van der Waals surface area contributed by atoms with Crippen molar-refractivity contribution in [3.8, 4) is 0 Å². The molecule has 0 saturated heterocycles. The summed E-state index contributed by atoms with van der Waals surface area (Å²) in [5.74, 6) is 1.41. The summed E-state index contributed by atoms with van der Waals surface area (Å²) in [6.07, 6.45) is 3.96. The minimum absolute atomic E-state index is 0.156. The molecule has 2 N–H and O–H groups in total. The zero-order chi connectivity index (χ0) is 10.3. The van der Waals surface area contributed by atoms with Gasteiger partial charge in [-0.05, 0) is 18.8 Å². The van der Waals surface area contributed by atoms with Crippen LogP contribution in [0.25, 0.3) is 0 Å². The van der Waals surface area contributed by atoms with Crippen LogP contribution in [0.2, 0.25) is 0 Å². The second-order valence-corrected chi connectivity index (χ2v) is 5.03. The first-order valence-electron chi connectivity index (χ1n) is 5.21. The number of hydrogen-bond acceptors (Lipinski definition) is 3. The van der Waals surface area contributed by atoms with Crippen LogP contribution in [0.15, 0.2) is 10.7 Å². The van der Waals surface area contributed by atoms with Gasteiger partial charge in [0.05, 0.1) is 6.20 Å². The maximum Gasteiger partial charge on any atom is 0.140 e. The van der Waals surface area contributed by atoms with Gasteiger partial charge in [0, 0.05) is 23.9 Å². The predicted molar refractivity (Wildman–Crippen MR) is 55.0 cm³/mol. The zero-order valence-corrected chi connectivity index (χ0v) is 9.08. The summed E-state index contributed by atoms with van der Waals surface area (Å²) in [6, 6.07) is 0.156. The van der Waals surface area contributed by atoms with Gasteiger partial charge in [-0.2, -0.15) is 0 Å². The van der Waals surface area contributed by atoms with Crippen LogP contribution in [0.1, 0.15) is 44.4 Å². The Balaban J connectivity index is 2.44. The number of rotatable bonds is 1. The summed E-state index contributed by atoms with van der Waals surface area (Å²) in [5.41, 5.74) is 7.52. The highest BCUT2D eigenvalue weighted by molar-refractivity contribution is 5.27.